The maximum absolute atomic E-state index is 5.25. The summed E-state index contributed by atoms with van der Waals surface area (Å²) >= 11 is 0. The second kappa shape index (κ2) is 3.12. The van der Waals surface area contributed by atoms with Gasteiger partial charge in [0.15, 0.2) is 0 Å². The van der Waals surface area contributed by atoms with Crippen LogP contribution in [0.15, 0.2) is 18.3 Å². The molecule has 1 heterocycles. The highest BCUT2D eigenvalue weighted by Crippen LogP contribution is 2.00. The van der Waals surface area contributed by atoms with Crippen molar-refractivity contribution in [3.8, 4) is 12.3 Å². The van der Waals surface area contributed by atoms with Crippen LogP contribution in [0.3, 0.4) is 0 Å². The standard InChI is InChI=1S/C9H11N/c1-3-7-10-8-5-6-9(10)4-2/h2,5-6,8H,3,7H2,1H3. The molecule has 0 bridgehead atoms. The smallest absolute Gasteiger partial charge is 0.0916 e. The highest BCUT2D eigenvalue weighted by molar-refractivity contribution is 5.25. The first-order valence-electron chi connectivity index (χ1n) is 3.50. The molecule has 0 spiro atoms. The van der Waals surface area contributed by atoms with Gasteiger partial charge in [-0.2, -0.15) is 0 Å². The SMILES string of the molecule is C#Cc1cccn1CCC. The van der Waals surface area contributed by atoms with Crippen molar-refractivity contribution in [2.24, 2.45) is 0 Å². The number of rotatable bonds is 2. The van der Waals surface area contributed by atoms with Gasteiger partial charge in [-0.25, -0.2) is 0 Å². The van der Waals surface area contributed by atoms with Gasteiger partial charge < -0.3 is 4.57 Å². The molecule has 0 N–H and O–H groups in total. The lowest BCUT2D eigenvalue weighted by molar-refractivity contribution is 0.677. The van der Waals surface area contributed by atoms with Crippen molar-refractivity contribution in [2.45, 2.75) is 19.9 Å². The zero-order chi connectivity index (χ0) is 7.40. The Morgan fingerprint density at radius 1 is 1.70 bits per heavy atom. The van der Waals surface area contributed by atoms with Crippen molar-refractivity contribution >= 4 is 0 Å². The number of hydrogen-bond donors (Lipinski definition) is 0. The molecule has 1 aromatic rings. The van der Waals surface area contributed by atoms with E-state index in [0.717, 1.165) is 18.7 Å². The van der Waals surface area contributed by atoms with E-state index in [0.29, 0.717) is 0 Å². The molecule has 0 unspecified atom stereocenters. The number of nitrogens with zero attached hydrogens (tertiary/aromatic N) is 1. The van der Waals surface area contributed by atoms with Crippen LogP contribution < -0.4 is 0 Å². The van der Waals surface area contributed by atoms with Gasteiger partial charge in [-0.1, -0.05) is 12.8 Å². The summed E-state index contributed by atoms with van der Waals surface area (Å²) in [5.41, 5.74) is 0.974. The van der Waals surface area contributed by atoms with Crippen LogP contribution in [0.5, 0.6) is 0 Å². The Kier molecular flexibility index (Phi) is 2.17. The fraction of sp³-hybridized carbons (Fsp3) is 0.333. The summed E-state index contributed by atoms with van der Waals surface area (Å²) in [6, 6.07) is 3.93. The zero-order valence-corrected chi connectivity index (χ0v) is 6.17. The monoisotopic (exact) mass is 133 g/mol. The zero-order valence-electron chi connectivity index (χ0n) is 6.17. The van der Waals surface area contributed by atoms with Crippen LogP contribution in [0, 0.1) is 12.3 Å². The largest absolute Gasteiger partial charge is 0.341 e. The molecular weight excluding hydrogens is 122 g/mol. The topological polar surface area (TPSA) is 4.93 Å². The van der Waals surface area contributed by atoms with Crippen LogP contribution >= 0.6 is 0 Å². The third-order valence-corrected chi connectivity index (χ3v) is 1.44. The molecule has 10 heavy (non-hydrogen) atoms. The Morgan fingerprint density at radius 2 is 2.50 bits per heavy atom. The van der Waals surface area contributed by atoms with E-state index in [-0.39, 0.29) is 0 Å². The molecule has 1 heteroatoms. The van der Waals surface area contributed by atoms with Crippen molar-refractivity contribution in [3.05, 3.63) is 24.0 Å². The number of hydrogen-bond acceptors (Lipinski definition) is 0. The average Bonchev–Trinajstić information content (AvgIpc) is 2.36. The Bertz CT molecular complexity index is 239. The molecule has 0 radical (unpaired) electrons. The molecule has 0 amide bonds. The van der Waals surface area contributed by atoms with Crippen molar-refractivity contribution < 1.29 is 0 Å². The summed E-state index contributed by atoms with van der Waals surface area (Å²) in [6.07, 6.45) is 8.40. The van der Waals surface area contributed by atoms with E-state index in [4.69, 9.17) is 6.42 Å². The summed E-state index contributed by atoms with van der Waals surface area (Å²) < 4.78 is 2.08. The number of aromatic nitrogens is 1. The highest BCUT2D eigenvalue weighted by atomic mass is 14.9. The molecule has 0 fully saturated rings. The Balaban J connectivity index is 2.82. The maximum Gasteiger partial charge on any atom is 0.0916 e. The van der Waals surface area contributed by atoms with Crippen LogP contribution in [0.25, 0.3) is 0 Å². The van der Waals surface area contributed by atoms with Crippen LogP contribution in [-0.2, 0) is 6.54 Å². The van der Waals surface area contributed by atoms with Crippen molar-refractivity contribution in [1.82, 2.24) is 4.57 Å². The normalized spacial score (nSPS) is 9.20. The fourth-order valence-corrected chi connectivity index (χ4v) is 0.981. The van der Waals surface area contributed by atoms with E-state index in [9.17, 15) is 0 Å². The molecular formula is C9H11N. The lowest BCUT2D eigenvalue weighted by Crippen LogP contribution is -1.96. The number of aryl methyl sites for hydroxylation is 1. The molecule has 1 aromatic heterocycles. The average molecular weight is 133 g/mol. The summed E-state index contributed by atoms with van der Waals surface area (Å²) in [7, 11) is 0. The quantitative estimate of drug-likeness (QED) is 0.543. The van der Waals surface area contributed by atoms with Crippen LogP contribution in [0.2, 0.25) is 0 Å². The molecule has 0 aliphatic carbocycles. The third-order valence-electron chi connectivity index (χ3n) is 1.44. The number of terminal acetylenes is 1. The van der Waals surface area contributed by atoms with Crippen LogP contribution in [0.1, 0.15) is 19.0 Å². The van der Waals surface area contributed by atoms with Gasteiger partial charge in [0.2, 0.25) is 0 Å². The first kappa shape index (κ1) is 6.95. The van der Waals surface area contributed by atoms with E-state index in [1.807, 2.05) is 18.3 Å². The summed E-state index contributed by atoms with van der Waals surface area (Å²) in [5, 5.41) is 0. The first-order valence-corrected chi connectivity index (χ1v) is 3.50. The van der Waals surface area contributed by atoms with Gasteiger partial charge in [-0.15, -0.1) is 6.42 Å². The fourth-order valence-electron chi connectivity index (χ4n) is 0.981. The van der Waals surface area contributed by atoms with E-state index in [1.165, 1.54) is 0 Å². The van der Waals surface area contributed by atoms with Crippen molar-refractivity contribution in [2.75, 3.05) is 0 Å². The van der Waals surface area contributed by atoms with Crippen molar-refractivity contribution in [1.29, 1.82) is 0 Å². The molecule has 0 aromatic carbocycles. The minimum atomic E-state index is 0.974. The van der Waals surface area contributed by atoms with Crippen LogP contribution in [-0.4, -0.2) is 4.57 Å². The summed E-state index contributed by atoms with van der Waals surface area (Å²) in [4.78, 5) is 0. The Labute approximate surface area is 61.7 Å². The van der Waals surface area contributed by atoms with Gasteiger partial charge in [0, 0.05) is 12.7 Å². The molecule has 0 aliphatic heterocycles. The summed E-state index contributed by atoms with van der Waals surface area (Å²) in [5.74, 6) is 2.62. The van der Waals surface area contributed by atoms with E-state index in [2.05, 4.69) is 17.4 Å². The van der Waals surface area contributed by atoms with E-state index >= 15 is 0 Å². The van der Waals surface area contributed by atoms with Gasteiger partial charge in [0.05, 0.1) is 5.69 Å². The van der Waals surface area contributed by atoms with Gasteiger partial charge in [0.1, 0.15) is 0 Å². The lowest BCUT2D eigenvalue weighted by atomic mass is 10.4. The molecule has 0 aliphatic rings. The minimum absolute atomic E-state index is 0.974. The molecule has 1 nitrogen and oxygen atoms in total. The summed E-state index contributed by atoms with van der Waals surface area (Å²) in [6.45, 7) is 3.16. The Morgan fingerprint density at radius 3 is 3.10 bits per heavy atom. The first-order chi connectivity index (χ1) is 4.88. The van der Waals surface area contributed by atoms with Gasteiger partial charge >= 0.3 is 0 Å². The second-order valence-corrected chi connectivity index (χ2v) is 2.23. The van der Waals surface area contributed by atoms with Crippen LogP contribution in [0.4, 0.5) is 0 Å². The lowest BCUT2D eigenvalue weighted by Gasteiger charge is -2.00. The van der Waals surface area contributed by atoms with Gasteiger partial charge in [0.25, 0.3) is 0 Å². The molecule has 0 saturated heterocycles. The molecule has 0 saturated carbocycles. The molecule has 0 atom stereocenters. The minimum Gasteiger partial charge on any atom is -0.341 e. The maximum atomic E-state index is 5.25. The van der Waals surface area contributed by atoms with E-state index < -0.39 is 0 Å². The van der Waals surface area contributed by atoms with Gasteiger partial charge in [-0.05, 0) is 18.6 Å². The Hall–Kier alpha value is -1.16. The van der Waals surface area contributed by atoms with E-state index in [1.54, 1.807) is 0 Å². The predicted octanol–water partition coefficient (Wildman–Crippen LogP) is 1.88. The second-order valence-electron chi connectivity index (χ2n) is 2.23. The van der Waals surface area contributed by atoms with Gasteiger partial charge in [-0.3, -0.25) is 0 Å². The molecule has 1 rings (SSSR count). The molecule has 52 valence electrons. The third kappa shape index (κ3) is 1.22. The predicted molar refractivity (Wildman–Crippen MR) is 42.7 cm³/mol. The highest BCUT2D eigenvalue weighted by Gasteiger charge is 1.92. The van der Waals surface area contributed by atoms with Crippen molar-refractivity contribution in [3.63, 3.8) is 0 Å².